The van der Waals surface area contributed by atoms with Crippen molar-refractivity contribution < 1.29 is 30.7 Å². The summed E-state index contributed by atoms with van der Waals surface area (Å²) in [6, 6.07) is 0. The fourth-order valence-corrected chi connectivity index (χ4v) is 1.60. The van der Waals surface area contributed by atoms with Gasteiger partial charge in [-0.15, -0.1) is 0 Å². The first-order valence-corrected chi connectivity index (χ1v) is 5.27. The molecule has 104 valence electrons. The maximum Gasteiger partial charge on any atom is 0.460 e. The molecule has 0 unspecified atom stereocenters. The van der Waals surface area contributed by atoms with Gasteiger partial charge in [-0.1, -0.05) is 18.2 Å². The molecule has 7 heteroatoms. The van der Waals surface area contributed by atoms with Crippen LogP contribution in [0.25, 0.3) is 0 Å². The van der Waals surface area contributed by atoms with Crippen molar-refractivity contribution >= 4 is 0 Å². The lowest BCUT2D eigenvalue weighted by atomic mass is 9.94. The highest BCUT2D eigenvalue weighted by Crippen LogP contribution is 2.50. The Morgan fingerprint density at radius 1 is 0.778 bits per heavy atom. The van der Waals surface area contributed by atoms with Crippen LogP contribution in [-0.2, 0) is 0 Å². The summed E-state index contributed by atoms with van der Waals surface area (Å²) < 4.78 is 88.2. The first-order valence-electron chi connectivity index (χ1n) is 5.27. The Balaban J connectivity index is 3.04. The van der Waals surface area contributed by atoms with Crippen LogP contribution in [0.4, 0.5) is 30.7 Å². The van der Waals surface area contributed by atoms with Crippen LogP contribution in [0, 0.1) is 0 Å². The van der Waals surface area contributed by atoms with E-state index in [0.29, 0.717) is 6.42 Å². The first-order chi connectivity index (χ1) is 8.11. The monoisotopic (exact) mass is 276 g/mol. The van der Waals surface area contributed by atoms with Gasteiger partial charge in [-0.05, 0) is 25.7 Å². The van der Waals surface area contributed by atoms with E-state index in [-0.39, 0.29) is 12.8 Å². The molecule has 0 atom stereocenters. The third-order valence-electron chi connectivity index (χ3n) is 2.62. The van der Waals surface area contributed by atoms with E-state index in [1.54, 1.807) is 6.08 Å². The van der Waals surface area contributed by atoms with Crippen LogP contribution in [0.3, 0.4) is 0 Å². The minimum absolute atomic E-state index is 0.0232. The van der Waals surface area contributed by atoms with Crippen LogP contribution in [0.1, 0.15) is 25.7 Å². The summed E-state index contributed by atoms with van der Waals surface area (Å²) >= 11 is 0. The lowest BCUT2D eigenvalue weighted by Gasteiger charge is -2.30. The molecule has 0 saturated carbocycles. The van der Waals surface area contributed by atoms with E-state index in [1.807, 2.05) is 0 Å². The standard InChI is InChI=1S/C11H11F7/c12-9(13,10(14,15)11(16,17)18)8-6-4-2-1-3-5-7-8/h1-2,7H,3-6H2. The van der Waals surface area contributed by atoms with Gasteiger partial charge >= 0.3 is 18.0 Å². The van der Waals surface area contributed by atoms with Gasteiger partial charge in [0.15, 0.2) is 0 Å². The van der Waals surface area contributed by atoms with E-state index in [0.717, 1.165) is 6.08 Å². The van der Waals surface area contributed by atoms with Crippen LogP contribution in [0.5, 0.6) is 0 Å². The summed E-state index contributed by atoms with van der Waals surface area (Å²) in [5, 5.41) is 0. The number of hydrogen-bond acceptors (Lipinski definition) is 0. The molecule has 0 aromatic rings. The van der Waals surface area contributed by atoms with Crippen LogP contribution in [-0.4, -0.2) is 18.0 Å². The predicted octanol–water partition coefficient (Wildman–Crippen LogP) is 4.88. The van der Waals surface area contributed by atoms with E-state index in [2.05, 4.69) is 0 Å². The Hall–Kier alpha value is -1.01. The van der Waals surface area contributed by atoms with E-state index >= 15 is 0 Å². The van der Waals surface area contributed by atoms with Crippen molar-refractivity contribution in [1.29, 1.82) is 0 Å². The molecular formula is C11H11F7. The van der Waals surface area contributed by atoms with Gasteiger partial charge in [-0.2, -0.15) is 30.7 Å². The smallest absolute Gasteiger partial charge is 0.194 e. The van der Waals surface area contributed by atoms with Crippen LogP contribution < -0.4 is 0 Å². The lowest BCUT2D eigenvalue weighted by molar-refractivity contribution is -0.345. The molecule has 0 radical (unpaired) electrons. The number of rotatable bonds is 2. The van der Waals surface area contributed by atoms with E-state index < -0.39 is 30.0 Å². The Morgan fingerprint density at radius 3 is 1.89 bits per heavy atom. The van der Waals surface area contributed by atoms with Gasteiger partial charge in [0.1, 0.15) is 0 Å². The lowest BCUT2D eigenvalue weighted by Crippen LogP contribution is -2.52. The van der Waals surface area contributed by atoms with Gasteiger partial charge in [-0.3, -0.25) is 0 Å². The van der Waals surface area contributed by atoms with Crippen LogP contribution in [0.2, 0.25) is 0 Å². The predicted molar refractivity (Wildman–Crippen MR) is 51.6 cm³/mol. The molecule has 0 nitrogen and oxygen atoms in total. The summed E-state index contributed by atoms with van der Waals surface area (Å²) in [5.74, 6) is -11.2. The third kappa shape index (κ3) is 2.70. The first kappa shape index (κ1) is 15.0. The molecule has 1 aliphatic rings. The second-order valence-corrected chi connectivity index (χ2v) is 3.96. The van der Waals surface area contributed by atoms with Crippen molar-refractivity contribution in [3.63, 3.8) is 0 Å². The average Bonchev–Trinajstić information content (AvgIpc) is 2.13. The topological polar surface area (TPSA) is 0 Å². The molecule has 0 N–H and O–H groups in total. The Kier molecular flexibility index (Phi) is 4.12. The molecule has 0 aliphatic heterocycles. The molecule has 0 spiro atoms. The minimum atomic E-state index is -6.27. The second-order valence-electron chi connectivity index (χ2n) is 3.96. The van der Waals surface area contributed by atoms with Crippen molar-refractivity contribution in [2.75, 3.05) is 0 Å². The largest absolute Gasteiger partial charge is 0.460 e. The fraction of sp³-hybridized carbons (Fsp3) is 0.636. The zero-order chi connectivity index (χ0) is 14.0. The number of alkyl halides is 7. The highest BCUT2D eigenvalue weighted by molar-refractivity contribution is 5.20. The number of hydrogen-bond donors (Lipinski definition) is 0. The highest BCUT2D eigenvalue weighted by Gasteiger charge is 2.73. The molecule has 0 amide bonds. The Labute approximate surface area is 99.2 Å². The van der Waals surface area contributed by atoms with E-state index in [1.165, 1.54) is 6.08 Å². The Morgan fingerprint density at radius 2 is 1.33 bits per heavy atom. The van der Waals surface area contributed by atoms with Gasteiger partial charge in [-0.25, -0.2) is 0 Å². The van der Waals surface area contributed by atoms with Gasteiger partial charge < -0.3 is 0 Å². The Bertz CT molecular complexity index is 349. The molecule has 0 saturated heterocycles. The summed E-state index contributed by atoms with van der Waals surface area (Å²) in [7, 11) is 0. The molecular weight excluding hydrogens is 265 g/mol. The van der Waals surface area contributed by atoms with Crippen LogP contribution in [0.15, 0.2) is 23.8 Å². The number of allylic oxidation sites excluding steroid dienone is 4. The summed E-state index contributed by atoms with van der Waals surface area (Å²) in [6.45, 7) is 0. The van der Waals surface area contributed by atoms with Crippen LogP contribution >= 0.6 is 0 Å². The fourth-order valence-electron chi connectivity index (χ4n) is 1.60. The van der Waals surface area contributed by atoms with E-state index in [4.69, 9.17) is 0 Å². The van der Waals surface area contributed by atoms with E-state index in [9.17, 15) is 30.7 Å². The average molecular weight is 276 g/mol. The maximum absolute atomic E-state index is 13.3. The summed E-state index contributed by atoms with van der Waals surface area (Å²) in [6.07, 6.45) is -2.43. The highest BCUT2D eigenvalue weighted by atomic mass is 19.4. The van der Waals surface area contributed by atoms with Gasteiger partial charge in [0.05, 0.1) is 0 Å². The van der Waals surface area contributed by atoms with Crippen molar-refractivity contribution in [1.82, 2.24) is 0 Å². The third-order valence-corrected chi connectivity index (χ3v) is 2.62. The molecule has 18 heavy (non-hydrogen) atoms. The SMILES string of the molecule is FC(F)(F)C(F)(F)C(F)(F)C1=CCCC=CCC1. The molecule has 0 aromatic carbocycles. The normalized spacial score (nSPS) is 19.2. The molecule has 0 fully saturated rings. The maximum atomic E-state index is 13.3. The van der Waals surface area contributed by atoms with Crippen molar-refractivity contribution in [2.45, 2.75) is 43.7 Å². The molecule has 0 bridgehead atoms. The van der Waals surface area contributed by atoms with Crippen molar-refractivity contribution in [2.24, 2.45) is 0 Å². The minimum Gasteiger partial charge on any atom is -0.194 e. The number of halogens is 7. The van der Waals surface area contributed by atoms with Crippen molar-refractivity contribution in [3.8, 4) is 0 Å². The molecule has 0 heterocycles. The zero-order valence-electron chi connectivity index (χ0n) is 9.21. The van der Waals surface area contributed by atoms with Crippen molar-refractivity contribution in [3.05, 3.63) is 23.8 Å². The quantitative estimate of drug-likeness (QED) is 0.498. The van der Waals surface area contributed by atoms with Gasteiger partial charge in [0, 0.05) is 5.57 Å². The zero-order valence-corrected chi connectivity index (χ0v) is 9.21. The summed E-state index contributed by atoms with van der Waals surface area (Å²) in [5.41, 5.74) is -1.14. The summed E-state index contributed by atoms with van der Waals surface area (Å²) in [4.78, 5) is 0. The molecule has 0 aromatic heterocycles. The second kappa shape index (κ2) is 4.93. The van der Waals surface area contributed by atoms with Gasteiger partial charge in [0.25, 0.3) is 0 Å². The molecule has 1 aliphatic carbocycles. The molecule has 1 rings (SSSR count). The van der Waals surface area contributed by atoms with Gasteiger partial charge in [0.2, 0.25) is 0 Å².